The topological polar surface area (TPSA) is 38.5 Å². The lowest BCUT2D eigenvalue weighted by Gasteiger charge is -2.35. The van der Waals surface area contributed by atoms with E-state index >= 15 is 0 Å². The van der Waals surface area contributed by atoms with Crippen LogP contribution >= 0.6 is 0 Å². The Morgan fingerprint density at radius 2 is 1.78 bits per heavy atom. The van der Waals surface area contributed by atoms with Gasteiger partial charge in [0.25, 0.3) is 0 Å². The smallest absolute Gasteiger partial charge is 0.118 e. The molecule has 0 fully saturated rings. The molecule has 102 valence electrons. The molecule has 0 bridgehead atoms. The fourth-order valence-electron chi connectivity index (χ4n) is 2.13. The molecular formula is C15H26N2O. The summed E-state index contributed by atoms with van der Waals surface area (Å²) in [5.41, 5.74) is 7.54. The zero-order valence-electron chi connectivity index (χ0n) is 12.2. The van der Waals surface area contributed by atoms with Crippen LogP contribution in [0.25, 0.3) is 0 Å². The van der Waals surface area contributed by atoms with Crippen LogP contribution in [0.1, 0.15) is 38.8 Å². The molecule has 0 saturated carbocycles. The van der Waals surface area contributed by atoms with Crippen LogP contribution in [0.3, 0.4) is 0 Å². The number of ether oxygens (including phenoxy) is 1. The first-order valence-electron chi connectivity index (χ1n) is 6.62. The van der Waals surface area contributed by atoms with Gasteiger partial charge in [-0.25, -0.2) is 0 Å². The fourth-order valence-corrected chi connectivity index (χ4v) is 2.13. The minimum Gasteiger partial charge on any atom is -0.497 e. The quantitative estimate of drug-likeness (QED) is 0.843. The molecule has 0 radical (unpaired) electrons. The maximum Gasteiger partial charge on any atom is 0.118 e. The third-order valence-corrected chi connectivity index (χ3v) is 3.59. The number of methoxy groups -OCH3 is 1. The predicted molar refractivity (Wildman–Crippen MR) is 76.9 cm³/mol. The van der Waals surface area contributed by atoms with E-state index in [1.54, 1.807) is 7.11 Å². The van der Waals surface area contributed by atoms with Crippen LogP contribution in [0, 0.1) is 0 Å². The van der Waals surface area contributed by atoms with Crippen LogP contribution in [0.5, 0.6) is 5.75 Å². The molecule has 0 amide bonds. The monoisotopic (exact) mass is 250 g/mol. The Morgan fingerprint density at radius 3 is 2.17 bits per heavy atom. The van der Waals surface area contributed by atoms with E-state index in [2.05, 4.69) is 44.9 Å². The van der Waals surface area contributed by atoms with Crippen molar-refractivity contribution in [3.63, 3.8) is 0 Å². The number of benzene rings is 1. The molecule has 0 saturated heterocycles. The Bertz CT molecular complexity index is 348. The first kappa shape index (κ1) is 15.0. The Labute approximate surface area is 111 Å². The first-order valence-corrected chi connectivity index (χ1v) is 6.62. The molecule has 1 aromatic carbocycles. The van der Waals surface area contributed by atoms with Crippen molar-refractivity contribution in [1.82, 2.24) is 4.90 Å². The first-order chi connectivity index (χ1) is 8.51. The second kappa shape index (κ2) is 6.76. The molecule has 0 aromatic heterocycles. The van der Waals surface area contributed by atoms with Crippen LogP contribution < -0.4 is 10.5 Å². The maximum atomic E-state index is 6.29. The Hall–Kier alpha value is -1.06. The molecule has 0 heterocycles. The summed E-state index contributed by atoms with van der Waals surface area (Å²) in [5.74, 6) is 0.884. The van der Waals surface area contributed by atoms with Crippen molar-refractivity contribution in [1.29, 1.82) is 0 Å². The second-order valence-electron chi connectivity index (χ2n) is 5.05. The van der Waals surface area contributed by atoms with Gasteiger partial charge in [0, 0.05) is 18.1 Å². The number of rotatable bonds is 6. The number of hydrogen-bond donors (Lipinski definition) is 1. The van der Waals surface area contributed by atoms with Gasteiger partial charge >= 0.3 is 0 Å². The number of likely N-dealkylation sites (N-methyl/N-ethyl adjacent to an activating group) is 1. The predicted octanol–water partition coefficient (Wildman–Crippen LogP) is 2.81. The molecule has 0 aliphatic carbocycles. The van der Waals surface area contributed by atoms with Gasteiger partial charge in [0.1, 0.15) is 5.75 Å². The molecule has 1 rings (SSSR count). The Kier molecular flexibility index (Phi) is 5.63. The van der Waals surface area contributed by atoms with E-state index in [0.29, 0.717) is 6.04 Å². The van der Waals surface area contributed by atoms with E-state index in [-0.39, 0.29) is 12.1 Å². The van der Waals surface area contributed by atoms with E-state index in [1.165, 1.54) is 5.56 Å². The highest BCUT2D eigenvalue weighted by Gasteiger charge is 2.24. The summed E-state index contributed by atoms with van der Waals surface area (Å²) in [6, 6.07) is 9.08. The molecule has 1 aromatic rings. The molecule has 0 aliphatic heterocycles. The molecule has 2 atom stereocenters. The van der Waals surface area contributed by atoms with Crippen molar-refractivity contribution in [3.05, 3.63) is 29.8 Å². The van der Waals surface area contributed by atoms with Crippen molar-refractivity contribution in [2.45, 2.75) is 45.3 Å². The normalized spacial score (nSPS) is 14.9. The Balaban J connectivity index is 3.01. The summed E-state index contributed by atoms with van der Waals surface area (Å²) in [6.07, 6.45) is 0.966. The standard InChI is InChI=1S/C15H26N2O/c1-6-14(16)15(17(4)11(2)3)12-7-9-13(18-5)10-8-12/h7-11,14-15H,6,16H2,1-5H3. The van der Waals surface area contributed by atoms with Crippen molar-refractivity contribution in [3.8, 4) is 5.75 Å². The molecule has 3 heteroatoms. The molecule has 3 nitrogen and oxygen atoms in total. The van der Waals surface area contributed by atoms with E-state index in [9.17, 15) is 0 Å². The summed E-state index contributed by atoms with van der Waals surface area (Å²) in [6.45, 7) is 6.52. The summed E-state index contributed by atoms with van der Waals surface area (Å²) in [4.78, 5) is 2.33. The van der Waals surface area contributed by atoms with Crippen LogP contribution in [-0.2, 0) is 0 Å². The SMILES string of the molecule is CCC(N)C(c1ccc(OC)cc1)N(C)C(C)C. The van der Waals surface area contributed by atoms with E-state index in [0.717, 1.165) is 12.2 Å². The lowest BCUT2D eigenvalue weighted by atomic mass is 9.95. The van der Waals surface area contributed by atoms with Crippen molar-refractivity contribution < 1.29 is 4.74 Å². The highest BCUT2D eigenvalue weighted by atomic mass is 16.5. The molecule has 2 N–H and O–H groups in total. The molecule has 2 unspecified atom stereocenters. The highest BCUT2D eigenvalue weighted by Crippen LogP contribution is 2.27. The van der Waals surface area contributed by atoms with Gasteiger partial charge in [0.2, 0.25) is 0 Å². The zero-order valence-corrected chi connectivity index (χ0v) is 12.2. The van der Waals surface area contributed by atoms with Gasteiger partial charge in [-0.05, 0) is 45.0 Å². The van der Waals surface area contributed by atoms with Crippen LogP contribution in [0.2, 0.25) is 0 Å². The zero-order chi connectivity index (χ0) is 13.7. The van der Waals surface area contributed by atoms with Gasteiger partial charge in [-0.15, -0.1) is 0 Å². The third-order valence-electron chi connectivity index (χ3n) is 3.59. The molecule has 0 aliphatic rings. The fraction of sp³-hybridized carbons (Fsp3) is 0.600. The lowest BCUT2D eigenvalue weighted by Crippen LogP contribution is -2.41. The van der Waals surface area contributed by atoms with E-state index in [1.807, 2.05) is 12.1 Å². The minimum atomic E-state index is 0.144. The van der Waals surface area contributed by atoms with Crippen LogP contribution in [0.4, 0.5) is 0 Å². The summed E-state index contributed by atoms with van der Waals surface area (Å²) in [5, 5.41) is 0. The third kappa shape index (κ3) is 3.47. The van der Waals surface area contributed by atoms with Gasteiger partial charge in [0.15, 0.2) is 0 Å². The average molecular weight is 250 g/mol. The number of nitrogens with two attached hydrogens (primary N) is 1. The summed E-state index contributed by atoms with van der Waals surface area (Å²) < 4.78 is 5.20. The van der Waals surface area contributed by atoms with Crippen LogP contribution in [-0.4, -0.2) is 31.1 Å². The van der Waals surface area contributed by atoms with Crippen molar-refractivity contribution in [2.75, 3.05) is 14.2 Å². The largest absolute Gasteiger partial charge is 0.497 e. The maximum absolute atomic E-state index is 6.29. The summed E-state index contributed by atoms with van der Waals surface area (Å²) >= 11 is 0. The summed E-state index contributed by atoms with van der Waals surface area (Å²) in [7, 11) is 3.82. The highest BCUT2D eigenvalue weighted by molar-refractivity contribution is 5.30. The lowest BCUT2D eigenvalue weighted by molar-refractivity contribution is 0.168. The molecule has 18 heavy (non-hydrogen) atoms. The average Bonchev–Trinajstić information content (AvgIpc) is 2.39. The number of nitrogens with zero attached hydrogens (tertiary/aromatic N) is 1. The second-order valence-corrected chi connectivity index (χ2v) is 5.05. The van der Waals surface area contributed by atoms with E-state index < -0.39 is 0 Å². The molecular weight excluding hydrogens is 224 g/mol. The van der Waals surface area contributed by atoms with Crippen molar-refractivity contribution in [2.24, 2.45) is 5.73 Å². The van der Waals surface area contributed by atoms with Gasteiger partial charge < -0.3 is 10.5 Å². The molecule has 0 spiro atoms. The van der Waals surface area contributed by atoms with Gasteiger partial charge in [0.05, 0.1) is 7.11 Å². The van der Waals surface area contributed by atoms with Gasteiger partial charge in [-0.2, -0.15) is 0 Å². The minimum absolute atomic E-state index is 0.144. The van der Waals surface area contributed by atoms with Crippen LogP contribution in [0.15, 0.2) is 24.3 Å². The number of hydrogen-bond acceptors (Lipinski definition) is 3. The van der Waals surface area contributed by atoms with Crippen molar-refractivity contribution >= 4 is 0 Å². The van der Waals surface area contributed by atoms with Gasteiger partial charge in [-0.3, -0.25) is 4.90 Å². The van der Waals surface area contributed by atoms with E-state index in [4.69, 9.17) is 10.5 Å². The van der Waals surface area contributed by atoms with Gasteiger partial charge in [-0.1, -0.05) is 19.1 Å². The Morgan fingerprint density at radius 1 is 1.22 bits per heavy atom.